The van der Waals surface area contributed by atoms with Gasteiger partial charge >= 0.3 is 0 Å². The standard InChI is InChI=1S/C14H22N2O2S/c1-15-10-4-5-14(17)16(2)11-12-6-8-13(9-7-12)19(3)18/h6-9,15H,4-5,10-11H2,1-3H3. The van der Waals surface area contributed by atoms with Crippen molar-refractivity contribution >= 4 is 16.7 Å². The van der Waals surface area contributed by atoms with Crippen molar-refractivity contribution in [1.82, 2.24) is 10.2 Å². The zero-order valence-corrected chi connectivity index (χ0v) is 12.6. The van der Waals surface area contributed by atoms with Gasteiger partial charge in [0, 0.05) is 42.0 Å². The van der Waals surface area contributed by atoms with Crippen molar-refractivity contribution in [2.45, 2.75) is 24.3 Å². The van der Waals surface area contributed by atoms with Crippen LogP contribution in [-0.4, -0.2) is 41.9 Å². The van der Waals surface area contributed by atoms with Crippen molar-refractivity contribution in [3.8, 4) is 0 Å². The Balaban J connectivity index is 2.49. The Morgan fingerprint density at radius 1 is 1.32 bits per heavy atom. The van der Waals surface area contributed by atoms with Gasteiger partial charge in [0.05, 0.1) is 0 Å². The van der Waals surface area contributed by atoms with Crippen LogP contribution in [-0.2, 0) is 22.1 Å². The summed E-state index contributed by atoms with van der Waals surface area (Å²) in [5, 5.41) is 3.03. The van der Waals surface area contributed by atoms with Crippen molar-refractivity contribution in [2.75, 3.05) is 26.9 Å². The molecule has 0 fully saturated rings. The number of hydrogen-bond acceptors (Lipinski definition) is 3. The van der Waals surface area contributed by atoms with Crippen LogP contribution in [0.5, 0.6) is 0 Å². The summed E-state index contributed by atoms with van der Waals surface area (Å²) in [5.41, 5.74) is 1.05. The largest absolute Gasteiger partial charge is 0.341 e. The first-order valence-corrected chi connectivity index (χ1v) is 7.91. The highest BCUT2D eigenvalue weighted by atomic mass is 32.2. The van der Waals surface area contributed by atoms with Gasteiger partial charge in [-0.05, 0) is 37.7 Å². The lowest BCUT2D eigenvalue weighted by Gasteiger charge is -2.17. The van der Waals surface area contributed by atoms with E-state index in [1.54, 1.807) is 11.2 Å². The smallest absolute Gasteiger partial charge is 0.222 e. The molecule has 0 saturated carbocycles. The first-order chi connectivity index (χ1) is 9.04. The number of carbonyl (C=O) groups excluding carboxylic acids is 1. The monoisotopic (exact) mass is 282 g/mol. The van der Waals surface area contributed by atoms with Crippen molar-refractivity contribution < 1.29 is 9.00 Å². The van der Waals surface area contributed by atoms with E-state index in [-0.39, 0.29) is 5.91 Å². The lowest BCUT2D eigenvalue weighted by atomic mass is 10.2. The molecule has 1 N–H and O–H groups in total. The van der Waals surface area contributed by atoms with E-state index < -0.39 is 10.8 Å². The van der Waals surface area contributed by atoms with Crippen LogP contribution in [0.25, 0.3) is 0 Å². The Morgan fingerprint density at radius 3 is 2.47 bits per heavy atom. The van der Waals surface area contributed by atoms with Gasteiger partial charge in [-0.15, -0.1) is 0 Å². The quantitative estimate of drug-likeness (QED) is 0.769. The van der Waals surface area contributed by atoms with E-state index in [1.807, 2.05) is 38.4 Å². The fourth-order valence-corrected chi connectivity index (χ4v) is 2.28. The molecule has 1 amide bonds. The van der Waals surface area contributed by atoms with Crippen molar-refractivity contribution in [3.05, 3.63) is 29.8 Å². The molecule has 4 nitrogen and oxygen atoms in total. The van der Waals surface area contributed by atoms with Crippen LogP contribution in [0.4, 0.5) is 0 Å². The number of hydrogen-bond donors (Lipinski definition) is 1. The highest BCUT2D eigenvalue weighted by Crippen LogP contribution is 2.10. The van der Waals surface area contributed by atoms with Crippen molar-refractivity contribution in [3.63, 3.8) is 0 Å². The number of nitrogens with zero attached hydrogens (tertiary/aromatic N) is 1. The highest BCUT2D eigenvalue weighted by Gasteiger charge is 2.08. The SMILES string of the molecule is CNCCCC(=O)N(C)Cc1ccc(S(C)=O)cc1. The highest BCUT2D eigenvalue weighted by molar-refractivity contribution is 7.84. The molecule has 0 aliphatic rings. The minimum absolute atomic E-state index is 0.151. The molecule has 0 aromatic heterocycles. The Hall–Kier alpha value is -1.20. The topological polar surface area (TPSA) is 49.4 Å². The van der Waals surface area contributed by atoms with Crippen LogP contribution in [0.2, 0.25) is 0 Å². The Labute approximate surface area is 117 Å². The van der Waals surface area contributed by atoms with Gasteiger partial charge in [0.2, 0.25) is 5.91 Å². The minimum Gasteiger partial charge on any atom is -0.341 e. The molecule has 0 bridgehead atoms. The maximum absolute atomic E-state index is 11.8. The maximum Gasteiger partial charge on any atom is 0.222 e. The molecule has 19 heavy (non-hydrogen) atoms. The molecule has 0 spiro atoms. The van der Waals surface area contributed by atoms with Crippen LogP contribution in [0.1, 0.15) is 18.4 Å². The molecule has 5 heteroatoms. The molecule has 0 saturated heterocycles. The van der Waals surface area contributed by atoms with E-state index in [2.05, 4.69) is 5.32 Å². The van der Waals surface area contributed by atoms with Crippen molar-refractivity contribution in [2.24, 2.45) is 0 Å². The Kier molecular flexibility index (Phi) is 6.73. The van der Waals surface area contributed by atoms with E-state index in [0.717, 1.165) is 23.4 Å². The normalized spacial score (nSPS) is 12.2. The van der Waals surface area contributed by atoms with Crippen LogP contribution in [0, 0.1) is 0 Å². The molecule has 1 atom stereocenters. The second kappa shape index (κ2) is 8.07. The van der Waals surface area contributed by atoms with E-state index in [0.29, 0.717) is 13.0 Å². The number of rotatable bonds is 7. The molecule has 1 aromatic carbocycles. The number of carbonyl (C=O) groups is 1. The Bertz CT molecular complexity index is 432. The van der Waals surface area contributed by atoms with E-state index in [1.165, 1.54) is 0 Å². The van der Waals surface area contributed by atoms with Crippen LogP contribution in [0.15, 0.2) is 29.2 Å². The van der Waals surface area contributed by atoms with E-state index >= 15 is 0 Å². The van der Waals surface area contributed by atoms with Gasteiger partial charge in [0.15, 0.2) is 0 Å². The van der Waals surface area contributed by atoms with Gasteiger partial charge in [-0.3, -0.25) is 9.00 Å². The average Bonchev–Trinajstić information content (AvgIpc) is 2.39. The van der Waals surface area contributed by atoms with Gasteiger partial charge < -0.3 is 10.2 Å². The molecule has 106 valence electrons. The molecule has 0 radical (unpaired) electrons. The predicted octanol–water partition coefficient (Wildman–Crippen LogP) is 1.38. The number of amides is 1. The second-order valence-corrected chi connectivity index (χ2v) is 5.93. The number of benzene rings is 1. The summed E-state index contributed by atoms with van der Waals surface area (Å²) in [6.45, 7) is 1.45. The average molecular weight is 282 g/mol. The summed E-state index contributed by atoms with van der Waals surface area (Å²) >= 11 is 0. The third kappa shape index (κ3) is 5.53. The lowest BCUT2D eigenvalue weighted by molar-refractivity contribution is -0.130. The summed E-state index contributed by atoms with van der Waals surface area (Å²) in [6, 6.07) is 7.55. The summed E-state index contributed by atoms with van der Waals surface area (Å²) in [4.78, 5) is 14.4. The van der Waals surface area contributed by atoms with Crippen LogP contribution in [0.3, 0.4) is 0 Å². The third-order valence-corrected chi connectivity index (χ3v) is 3.85. The summed E-state index contributed by atoms with van der Waals surface area (Å²) in [6.07, 6.45) is 3.08. The van der Waals surface area contributed by atoms with Gasteiger partial charge in [-0.2, -0.15) is 0 Å². The zero-order chi connectivity index (χ0) is 14.3. The lowest BCUT2D eigenvalue weighted by Crippen LogP contribution is -2.26. The first-order valence-electron chi connectivity index (χ1n) is 6.35. The fourth-order valence-electron chi connectivity index (χ4n) is 1.76. The molecule has 1 aromatic rings. The van der Waals surface area contributed by atoms with Crippen LogP contribution >= 0.6 is 0 Å². The molecular weight excluding hydrogens is 260 g/mol. The molecule has 1 rings (SSSR count). The van der Waals surface area contributed by atoms with E-state index in [9.17, 15) is 9.00 Å². The molecule has 1 unspecified atom stereocenters. The van der Waals surface area contributed by atoms with Crippen LogP contribution < -0.4 is 5.32 Å². The number of nitrogens with one attached hydrogen (secondary N) is 1. The zero-order valence-electron chi connectivity index (χ0n) is 11.8. The second-order valence-electron chi connectivity index (χ2n) is 4.55. The van der Waals surface area contributed by atoms with Gasteiger partial charge in [-0.1, -0.05) is 12.1 Å². The predicted molar refractivity (Wildman–Crippen MR) is 78.4 cm³/mol. The summed E-state index contributed by atoms with van der Waals surface area (Å²) < 4.78 is 11.3. The third-order valence-electron chi connectivity index (χ3n) is 2.92. The molecule has 0 heterocycles. The molecule has 0 aliphatic carbocycles. The first kappa shape index (κ1) is 15.9. The van der Waals surface area contributed by atoms with Gasteiger partial charge in [0.25, 0.3) is 0 Å². The molecular formula is C14H22N2O2S. The van der Waals surface area contributed by atoms with Gasteiger partial charge in [-0.25, -0.2) is 0 Å². The summed E-state index contributed by atoms with van der Waals surface area (Å²) in [5.74, 6) is 0.151. The van der Waals surface area contributed by atoms with E-state index in [4.69, 9.17) is 0 Å². The maximum atomic E-state index is 11.8. The summed E-state index contributed by atoms with van der Waals surface area (Å²) in [7, 11) is 2.74. The fraction of sp³-hybridized carbons (Fsp3) is 0.500. The Morgan fingerprint density at radius 2 is 1.95 bits per heavy atom. The minimum atomic E-state index is -0.952. The molecule has 0 aliphatic heterocycles. The van der Waals surface area contributed by atoms with Crippen molar-refractivity contribution in [1.29, 1.82) is 0 Å². The van der Waals surface area contributed by atoms with Gasteiger partial charge in [0.1, 0.15) is 0 Å².